The van der Waals surface area contributed by atoms with Crippen LogP contribution in [0.15, 0.2) is 47.2 Å². The molecule has 29 heavy (non-hydrogen) atoms. The van der Waals surface area contributed by atoms with E-state index in [-0.39, 0.29) is 19.1 Å². The van der Waals surface area contributed by atoms with Crippen LogP contribution in [-0.2, 0) is 9.53 Å². The van der Waals surface area contributed by atoms with Gasteiger partial charge in [-0.1, -0.05) is 6.07 Å². The predicted molar refractivity (Wildman–Crippen MR) is 115 cm³/mol. The molecule has 0 unspecified atom stereocenters. The molecule has 0 saturated carbocycles. The fourth-order valence-electron chi connectivity index (χ4n) is 2.58. The van der Waals surface area contributed by atoms with Crippen molar-refractivity contribution in [1.29, 1.82) is 0 Å². The van der Waals surface area contributed by atoms with Gasteiger partial charge < -0.3 is 19.5 Å². The summed E-state index contributed by atoms with van der Waals surface area (Å²) in [5.74, 6) is 0.478. The molecular formula is C21H21NO5S2. The van der Waals surface area contributed by atoms with E-state index in [0.717, 1.165) is 16.2 Å². The van der Waals surface area contributed by atoms with Gasteiger partial charge in [0.25, 0.3) is 5.91 Å². The molecule has 0 aliphatic carbocycles. The number of hydrogen-bond acceptors (Lipinski definition) is 7. The van der Waals surface area contributed by atoms with Crippen LogP contribution in [0.25, 0.3) is 10.4 Å². The third-order valence-electron chi connectivity index (χ3n) is 3.81. The van der Waals surface area contributed by atoms with Crippen molar-refractivity contribution < 1.29 is 23.8 Å². The van der Waals surface area contributed by atoms with Crippen LogP contribution in [0, 0.1) is 0 Å². The number of ether oxygens (including phenoxy) is 3. The Morgan fingerprint density at radius 1 is 0.966 bits per heavy atom. The predicted octanol–water partition coefficient (Wildman–Crippen LogP) is 5.07. The molecule has 2 aromatic heterocycles. The van der Waals surface area contributed by atoms with Crippen LogP contribution >= 0.6 is 22.7 Å². The first kappa shape index (κ1) is 20.9. The lowest BCUT2D eigenvalue weighted by Gasteiger charge is -2.09. The molecule has 1 amide bonds. The summed E-state index contributed by atoms with van der Waals surface area (Å²) in [7, 11) is 0. The van der Waals surface area contributed by atoms with Crippen LogP contribution in [0.5, 0.6) is 11.5 Å². The number of nitrogens with one attached hydrogen (secondary N) is 1. The van der Waals surface area contributed by atoms with Gasteiger partial charge in [-0.05, 0) is 49.6 Å². The van der Waals surface area contributed by atoms with Crippen LogP contribution < -0.4 is 14.8 Å². The quantitative estimate of drug-likeness (QED) is 0.479. The Kier molecular flexibility index (Phi) is 7.26. The van der Waals surface area contributed by atoms with Gasteiger partial charge in [0, 0.05) is 15.8 Å². The SMILES string of the molecule is CCOC(=O)c1c(-c2cccs2)csc1NC(=O)COc1ccc(OCC)cc1. The highest BCUT2D eigenvalue weighted by molar-refractivity contribution is 7.17. The monoisotopic (exact) mass is 431 g/mol. The van der Waals surface area contributed by atoms with Crippen LogP contribution in [-0.4, -0.2) is 31.7 Å². The second-order valence-electron chi connectivity index (χ2n) is 5.79. The third kappa shape index (κ3) is 5.36. The molecule has 2 heterocycles. The normalized spacial score (nSPS) is 10.4. The minimum absolute atomic E-state index is 0.178. The minimum atomic E-state index is -0.458. The average molecular weight is 432 g/mol. The molecular weight excluding hydrogens is 410 g/mol. The van der Waals surface area contributed by atoms with Crippen molar-refractivity contribution in [2.24, 2.45) is 0 Å². The molecule has 0 radical (unpaired) electrons. The minimum Gasteiger partial charge on any atom is -0.494 e. The number of esters is 1. The van der Waals surface area contributed by atoms with Gasteiger partial charge in [-0.15, -0.1) is 22.7 Å². The number of benzene rings is 1. The fourth-order valence-corrected chi connectivity index (χ4v) is 4.37. The summed E-state index contributed by atoms with van der Waals surface area (Å²) in [6.45, 7) is 4.32. The Morgan fingerprint density at radius 3 is 2.31 bits per heavy atom. The first-order valence-electron chi connectivity index (χ1n) is 9.10. The highest BCUT2D eigenvalue weighted by atomic mass is 32.1. The number of rotatable bonds is 9. The lowest BCUT2D eigenvalue weighted by Crippen LogP contribution is -2.21. The fraction of sp³-hybridized carbons (Fsp3) is 0.238. The van der Waals surface area contributed by atoms with Crippen LogP contribution in [0.3, 0.4) is 0 Å². The van der Waals surface area contributed by atoms with Crippen molar-refractivity contribution in [3.63, 3.8) is 0 Å². The zero-order valence-corrected chi connectivity index (χ0v) is 17.7. The zero-order valence-electron chi connectivity index (χ0n) is 16.1. The van der Waals surface area contributed by atoms with Crippen molar-refractivity contribution in [2.75, 3.05) is 25.1 Å². The second-order valence-corrected chi connectivity index (χ2v) is 7.62. The molecule has 0 saturated heterocycles. The highest BCUT2D eigenvalue weighted by Gasteiger charge is 2.23. The van der Waals surface area contributed by atoms with Crippen LogP contribution in [0.4, 0.5) is 5.00 Å². The maximum absolute atomic E-state index is 12.5. The van der Waals surface area contributed by atoms with E-state index in [2.05, 4.69) is 5.32 Å². The molecule has 1 aromatic carbocycles. The van der Waals surface area contributed by atoms with Gasteiger partial charge in [-0.3, -0.25) is 4.79 Å². The second kappa shape index (κ2) is 10.1. The van der Waals surface area contributed by atoms with Gasteiger partial charge in [0.05, 0.1) is 13.2 Å². The average Bonchev–Trinajstić information content (AvgIpc) is 3.37. The third-order valence-corrected chi connectivity index (χ3v) is 5.61. The summed E-state index contributed by atoms with van der Waals surface area (Å²) >= 11 is 2.81. The van der Waals surface area contributed by atoms with Gasteiger partial charge in [0.1, 0.15) is 22.1 Å². The lowest BCUT2D eigenvalue weighted by atomic mass is 10.1. The Hall–Kier alpha value is -2.84. The summed E-state index contributed by atoms with van der Waals surface area (Å²) in [6.07, 6.45) is 0. The molecule has 0 spiro atoms. The van der Waals surface area contributed by atoms with Crippen molar-refractivity contribution in [2.45, 2.75) is 13.8 Å². The van der Waals surface area contributed by atoms with E-state index >= 15 is 0 Å². The van der Waals surface area contributed by atoms with E-state index in [1.54, 1.807) is 31.2 Å². The first-order chi connectivity index (χ1) is 14.1. The van der Waals surface area contributed by atoms with Crippen molar-refractivity contribution >= 4 is 39.6 Å². The molecule has 152 valence electrons. The zero-order chi connectivity index (χ0) is 20.6. The maximum atomic E-state index is 12.5. The standard InChI is InChI=1S/C21H21NO5S2/c1-3-25-14-7-9-15(10-8-14)27-12-18(23)22-20-19(21(24)26-4-2)16(13-29-20)17-6-5-11-28-17/h5-11,13H,3-4,12H2,1-2H3,(H,22,23). The number of thiophene rings is 2. The maximum Gasteiger partial charge on any atom is 0.341 e. The van der Waals surface area contributed by atoms with Crippen LogP contribution in [0.1, 0.15) is 24.2 Å². The molecule has 0 aliphatic heterocycles. The van der Waals surface area contributed by atoms with Crippen molar-refractivity contribution in [1.82, 2.24) is 0 Å². The largest absolute Gasteiger partial charge is 0.494 e. The summed E-state index contributed by atoms with van der Waals surface area (Å²) in [5.41, 5.74) is 1.12. The summed E-state index contributed by atoms with van der Waals surface area (Å²) in [4.78, 5) is 25.8. The molecule has 0 aliphatic rings. The first-order valence-corrected chi connectivity index (χ1v) is 10.9. The number of anilines is 1. The van der Waals surface area contributed by atoms with E-state index in [0.29, 0.717) is 22.9 Å². The number of hydrogen-bond donors (Lipinski definition) is 1. The Labute approximate surface area is 177 Å². The summed E-state index contributed by atoms with van der Waals surface area (Å²) in [6, 6.07) is 10.9. The Morgan fingerprint density at radius 2 is 1.69 bits per heavy atom. The molecule has 0 fully saturated rings. The number of amides is 1. The molecule has 0 atom stereocenters. The van der Waals surface area contributed by atoms with Crippen LogP contribution in [0.2, 0.25) is 0 Å². The molecule has 3 aromatic rings. The molecule has 3 rings (SSSR count). The molecule has 1 N–H and O–H groups in total. The van der Waals surface area contributed by atoms with E-state index in [1.165, 1.54) is 22.7 Å². The smallest absolute Gasteiger partial charge is 0.341 e. The van der Waals surface area contributed by atoms with Gasteiger partial charge in [0.2, 0.25) is 0 Å². The van der Waals surface area contributed by atoms with Gasteiger partial charge >= 0.3 is 5.97 Å². The van der Waals surface area contributed by atoms with E-state index in [4.69, 9.17) is 14.2 Å². The number of carbonyl (C=O) groups is 2. The Bertz CT molecular complexity index is 948. The van der Waals surface area contributed by atoms with Gasteiger partial charge in [-0.2, -0.15) is 0 Å². The molecule has 6 nitrogen and oxygen atoms in total. The highest BCUT2D eigenvalue weighted by Crippen LogP contribution is 2.38. The summed E-state index contributed by atoms with van der Waals surface area (Å²) in [5, 5.41) is 7.00. The van der Waals surface area contributed by atoms with E-state index < -0.39 is 5.97 Å². The van der Waals surface area contributed by atoms with Gasteiger partial charge in [-0.25, -0.2) is 4.79 Å². The molecule has 0 bridgehead atoms. The van der Waals surface area contributed by atoms with Gasteiger partial charge in [0.15, 0.2) is 6.61 Å². The Balaban J connectivity index is 1.68. The van der Waals surface area contributed by atoms with Crippen molar-refractivity contribution in [3.05, 3.63) is 52.7 Å². The van der Waals surface area contributed by atoms with E-state index in [1.807, 2.05) is 29.8 Å². The summed E-state index contributed by atoms with van der Waals surface area (Å²) < 4.78 is 16.1. The molecule has 8 heteroatoms. The topological polar surface area (TPSA) is 73.9 Å². The van der Waals surface area contributed by atoms with Crippen molar-refractivity contribution in [3.8, 4) is 21.9 Å². The van der Waals surface area contributed by atoms with E-state index in [9.17, 15) is 9.59 Å². The number of carbonyl (C=O) groups excluding carboxylic acids is 2. The lowest BCUT2D eigenvalue weighted by molar-refractivity contribution is -0.118.